The molecule has 3 rings (SSSR count). The Kier molecular flexibility index (Phi) is 6.03. The monoisotopic (exact) mass is 368 g/mol. The molecule has 1 aromatic carbocycles. The largest absolute Gasteiger partial charge is 0.497 e. The topological polar surface area (TPSA) is 74.8 Å². The molecule has 27 heavy (non-hydrogen) atoms. The maximum Gasteiger partial charge on any atom is 0.255 e. The third kappa shape index (κ3) is 4.83. The molecule has 1 fully saturated rings. The van der Waals surface area contributed by atoms with Crippen molar-refractivity contribution in [1.29, 1.82) is 0 Å². The van der Waals surface area contributed by atoms with E-state index in [1.54, 1.807) is 18.1 Å². The molecule has 2 heterocycles. The fourth-order valence-corrected chi connectivity index (χ4v) is 2.90. The van der Waals surface area contributed by atoms with Crippen LogP contribution in [0, 0.1) is 0 Å². The Bertz CT molecular complexity index is 799. The Labute approximate surface area is 158 Å². The summed E-state index contributed by atoms with van der Waals surface area (Å²) >= 11 is 0. The molecule has 2 amide bonds. The van der Waals surface area contributed by atoms with Crippen molar-refractivity contribution in [2.24, 2.45) is 0 Å². The van der Waals surface area contributed by atoms with E-state index in [1.807, 2.05) is 31.3 Å². The van der Waals surface area contributed by atoms with E-state index in [9.17, 15) is 9.59 Å². The van der Waals surface area contributed by atoms with Crippen molar-refractivity contribution in [3.8, 4) is 5.75 Å². The third-order valence-electron chi connectivity index (χ3n) is 4.65. The molecule has 1 saturated heterocycles. The van der Waals surface area contributed by atoms with Gasteiger partial charge in [-0.25, -0.2) is 0 Å². The number of hydrogen-bond donors (Lipinski definition) is 1. The van der Waals surface area contributed by atoms with Crippen LogP contribution in [0.5, 0.6) is 5.75 Å². The van der Waals surface area contributed by atoms with Crippen LogP contribution in [-0.2, 0) is 6.54 Å². The van der Waals surface area contributed by atoms with E-state index in [1.165, 1.54) is 12.4 Å². The number of pyridine rings is 1. The van der Waals surface area contributed by atoms with Gasteiger partial charge in [0.25, 0.3) is 11.8 Å². The Hall–Kier alpha value is -2.93. The molecule has 0 saturated carbocycles. The molecule has 0 spiro atoms. The van der Waals surface area contributed by atoms with Crippen LogP contribution in [-0.4, -0.2) is 66.9 Å². The first kappa shape index (κ1) is 18.8. The average Bonchev–Trinajstić information content (AvgIpc) is 2.72. The average molecular weight is 368 g/mol. The van der Waals surface area contributed by atoms with Crippen molar-refractivity contribution in [3.05, 3.63) is 59.4 Å². The number of nitrogens with one attached hydrogen (secondary N) is 1. The van der Waals surface area contributed by atoms with Gasteiger partial charge in [-0.15, -0.1) is 0 Å². The van der Waals surface area contributed by atoms with Crippen molar-refractivity contribution in [3.63, 3.8) is 0 Å². The van der Waals surface area contributed by atoms with Gasteiger partial charge in [0.05, 0.1) is 18.2 Å². The van der Waals surface area contributed by atoms with Gasteiger partial charge in [-0.2, -0.15) is 0 Å². The maximum atomic E-state index is 12.6. The van der Waals surface area contributed by atoms with E-state index in [2.05, 4.69) is 15.2 Å². The van der Waals surface area contributed by atoms with Gasteiger partial charge in [-0.3, -0.25) is 14.6 Å². The summed E-state index contributed by atoms with van der Waals surface area (Å²) in [6.07, 6.45) is 2.99. The molecule has 1 aliphatic rings. The molecular weight excluding hydrogens is 344 g/mol. The number of carbonyl (C=O) groups excluding carboxylic acids is 2. The van der Waals surface area contributed by atoms with E-state index in [4.69, 9.17) is 4.74 Å². The lowest BCUT2D eigenvalue weighted by Crippen LogP contribution is -2.47. The highest BCUT2D eigenvalue weighted by Crippen LogP contribution is 2.12. The zero-order chi connectivity index (χ0) is 19.2. The van der Waals surface area contributed by atoms with Crippen LogP contribution in [0.3, 0.4) is 0 Å². The second-order valence-corrected chi connectivity index (χ2v) is 6.59. The number of hydrogen-bond acceptors (Lipinski definition) is 5. The minimum atomic E-state index is -0.258. The third-order valence-corrected chi connectivity index (χ3v) is 4.65. The first-order valence-electron chi connectivity index (χ1n) is 8.91. The highest BCUT2D eigenvalue weighted by atomic mass is 16.5. The lowest BCUT2D eigenvalue weighted by molar-refractivity contribution is 0.0663. The molecule has 7 heteroatoms. The summed E-state index contributed by atoms with van der Waals surface area (Å²) in [5, 5.41) is 2.85. The summed E-state index contributed by atoms with van der Waals surface area (Å²) in [6, 6.07) is 9.09. The molecule has 1 aromatic heterocycles. The van der Waals surface area contributed by atoms with Gasteiger partial charge >= 0.3 is 0 Å². The summed E-state index contributed by atoms with van der Waals surface area (Å²) < 4.78 is 5.12. The molecular formula is C20H24N4O3. The van der Waals surface area contributed by atoms with Crippen molar-refractivity contribution in [2.75, 3.05) is 40.3 Å². The number of benzene rings is 1. The van der Waals surface area contributed by atoms with Crippen molar-refractivity contribution in [2.45, 2.75) is 6.54 Å². The molecule has 0 radical (unpaired) electrons. The molecule has 1 N–H and O–H groups in total. The fraction of sp³-hybridized carbons (Fsp3) is 0.350. The second-order valence-electron chi connectivity index (χ2n) is 6.59. The number of likely N-dealkylation sites (N-methyl/N-ethyl adjacent to an activating group) is 1. The van der Waals surface area contributed by atoms with Crippen LogP contribution >= 0.6 is 0 Å². The van der Waals surface area contributed by atoms with Crippen LogP contribution < -0.4 is 10.1 Å². The maximum absolute atomic E-state index is 12.6. The molecule has 0 unspecified atom stereocenters. The van der Waals surface area contributed by atoms with Crippen molar-refractivity contribution < 1.29 is 14.3 Å². The molecule has 142 valence electrons. The smallest absolute Gasteiger partial charge is 0.255 e. The number of methoxy groups -OCH3 is 1. The molecule has 7 nitrogen and oxygen atoms in total. The summed E-state index contributed by atoms with van der Waals surface area (Å²) in [6.45, 7) is 3.45. The van der Waals surface area contributed by atoms with E-state index in [0.29, 0.717) is 30.8 Å². The van der Waals surface area contributed by atoms with E-state index >= 15 is 0 Å². The highest BCUT2D eigenvalue weighted by Gasteiger charge is 2.21. The molecule has 0 bridgehead atoms. The quantitative estimate of drug-likeness (QED) is 0.864. The van der Waals surface area contributed by atoms with Gasteiger partial charge in [-0.1, -0.05) is 12.1 Å². The molecule has 0 atom stereocenters. The summed E-state index contributed by atoms with van der Waals surface area (Å²) in [5.74, 6) is 0.427. The highest BCUT2D eigenvalue weighted by molar-refractivity contribution is 5.99. The van der Waals surface area contributed by atoms with Crippen molar-refractivity contribution in [1.82, 2.24) is 20.1 Å². The van der Waals surface area contributed by atoms with Gasteiger partial charge in [0.2, 0.25) is 0 Å². The summed E-state index contributed by atoms with van der Waals surface area (Å²) in [4.78, 5) is 33.1. The number of ether oxygens (including phenoxy) is 1. The van der Waals surface area contributed by atoms with Gasteiger partial charge in [0, 0.05) is 45.1 Å². The van der Waals surface area contributed by atoms with Gasteiger partial charge < -0.3 is 19.9 Å². The number of amides is 2. The Balaban J connectivity index is 1.61. The zero-order valence-corrected chi connectivity index (χ0v) is 15.6. The second kappa shape index (κ2) is 8.64. The van der Waals surface area contributed by atoms with Gasteiger partial charge in [-0.05, 0) is 30.8 Å². The van der Waals surface area contributed by atoms with Gasteiger partial charge in [0.1, 0.15) is 5.75 Å². The minimum absolute atomic E-state index is 0.0830. The predicted octanol–water partition coefficient (Wildman–Crippen LogP) is 1.41. The lowest BCUT2D eigenvalue weighted by atomic mass is 10.1. The molecule has 2 aromatic rings. The van der Waals surface area contributed by atoms with Crippen LogP contribution in [0.1, 0.15) is 26.3 Å². The number of nitrogens with zero attached hydrogens (tertiary/aromatic N) is 3. The van der Waals surface area contributed by atoms with Crippen LogP contribution in [0.25, 0.3) is 0 Å². The van der Waals surface area contributed by atoms with E-state index < -0.39 is 0 Å². The first-order valence-corrected chi connectivity index (χ1v) is 8.91. The summed E-state index contributed by atoms with van der Waals surface area (Å²) in [5.41, 5.74) is 1.78. The first-order chi connectivity index (χ1) is 13.1. The number of carbonyl (C=O) groups is 2. The van der Waals surface area contributed by atoms with E-state index in [0.717, 1.165) is 24.4 Å². The normalized spacial score (nSPS) is 14.7. The van der Waals surface area contributed by atoms with Crippen molar-refractivity contribution >= 4 is 11.8 Å². The minimum Gasteiger partial charge on any atom is -0.497 e. The Morgan fingerprint density at radius 2 is 1.74 bits per heavy atom. The van der Waals surface area contributed by atoms with Crippen LogP contribution in [0.15, 0.2) is 42.7 Å². The molecule has 0 aliphatic carbocycles. The number of rotatable bonds is 5. The van der Waals surface area contributed by atoms with Crippen LogP contribution in [0.2, 0.25) is 0 Å². The SMILES string of the molecule is COc1ccc(CNC(=O)c2cncc(C(=O)N3CCN(C)CC3)c2)cc1. The Morgan fingerprint density at radius 3 is 2.41 bits per heavy atom. The fourth-order valence-electron chi connectivity index (χ4n) is 2.90. The van der Waals surface area contributed by atoms with Gasteiger partial charge in [0.15, 0.2) is 0 Å². The number of aromatic nitrogens is 1. The van der Waals surface area contributed by atoms with Crippen LogP contribution in [0.4, 0.5) is 0 Å². The Morgan fingerprint density at radius 1 is 1.07 bits per heavy atom. The number of piperazine rings is 1. The predicted molar refractivity (Wildman–Crippen MR) is 102 cm³/mol. The molecule has 1 aliphatic heterocycles. The lowest BCUT2D eigenvalue weighted by Gasteiger charge is -2.32. The summed E-state index contributed by atoms with van der Waals surface area (Å²) in [7, 11) is 3.65. The standard InChI is InChI=1S/C20H24N4O3/c1-23-7-9-24(10-8-23)20(26)17-11-16(13-21-14-17)19(25)22-12-15-3-5-18(27-2)6-4-15/h3-6,11,13-14H,7-10,12H2,1-2H3,(H,22,25). The van der Waals surface area contributed by atoms with E-state index in [-0.39, 0.29) is 11.8 Å². The zero-order valence-electron chi connectivity index (χ0n) is 15.6.